The molecule has 6 N–H and O–H groups in total. The summed E-state index contributed by atoms with van der Waals surface area (Å²) < 4.78 is 54.6. The van der Waals surface area contributed by atoms with Crippen molar-refractivity contribution >= 4 is 65.7 Å². The van der Waals surface area contributed by atoms with Gasteiger partial charge in [-0.15, -0.1) is 0 Å². The van der Waals surface area contributed by atoms with Gasteiger partial charge in [-0.1, -0.05) is 0 Å². The molecule has 0 rings (SSSR count). The predicted octanol–water partition coefficient (Wildman–Crippen LogP) is -2.71. The Hall–Kier alpha value is 1.22. The third kappa shape index (κ3) is 31.3. The van der Waals surface area contributed by atoms with Crippen molar-refractivity contribution in [2.45, 2.75) is 0 Å². The quantitative estimate of drug-likeness (QED) is 0.318. The molecule has 0 aliphatic heterocycles. The van der Waals surface area contributed by atoms with Crippen LogP contribution in [0.2, 0.25) is 0 Å². The van der Waals surface area contributed by atoms with Gasteiger partial charge in [-0.05, 0) is 0 Å². The Morgan fingerprint density at radius 2 is 1.00 bits per heavy atom. The Balaban J connectivity index is -0.000000180. The second-order valence-electron chi connectivity index (χ2n) is 2.15. The van der Waals surface area contributed by atoms with E-state index in [9.17, 15) is 16.8 Å². The molecule has 90 valence electrons. The molecule has 0 fully saturated rings. The van der Waals surface area contributed by atoms with Gasteiger partial charge in [0.05, 0.1) is 11.5 Å². The first-order valence-corrected chi connectivity index (χ1v) is 6.64. The molecule has 0 amide bonds. The molecule has 8 nitrogen and oxygen atoms in total. The molecule has 0 aliphatic carbocycles. The average Bonchev–Trinajstić information content (AvgIpc) is 1.81. The van der Waals surface area contributed by atoms with Crippen molar-refractivity contribution in [3.8, 4) is 0 Å². The molecular weight excluding hydrogens is 324 g/mol. The van der Waals surface area contributed by atoms with Crippen LogP contribution in [-0.2, 0) is 20.2 Å². The molecule has 11 heteroatoms. The van der Waals surface area contributed by atoms with Crippen LogP contribution in [0.4, 0.5) is 0 Å². The summed E-state index contributed by atoms with van der Waals surface area (Å²) in [6.07, 6.45) is 0. The van der Waals surface area contributed by atoms with Crippen LogP contribution in [0, 0.1) is 0 Å². The summed E-state index contributed by atoms with van der Waals surface area (Å²) in [5.41, 5.74) is 9.55. The fraction of sp³-hybridized carbons (Fsp3) is 1.00. The normalized spacial score (nSPS) is 10.9. The summed E-state index contributed by atoms with van der Waals surface area (Å²) in [5, 5.41) is 0. The van der Waals surface area contributed by atoms with Crippen molar-refractivity contribution in [3.05, 3.63) is 0 Å². The largest absolute Gasteiger partial charge is 0.329 e. The molecule has 0 bridgehead atoms. The van der Waals surface area contributed by atoms with Crippen LogP contribution in [0.1, 0.15) is 0 Å². The standard InChI is InChI=1S/2C2H7NO3S.Sr/c2*3-1-2-7(4,5)6;/h2*1-3H2,(H,4,5,6);. The van der Waals surface area contributed by atoms with Gasteiger partial charge in [0.15, 0.2) is 0 Å². The number of rotatable bonds is 4. The number of hydrogen-bond acceptors (Lipinski definition) is 6. The smallest absolute Gasteiger partial charge is 0.266 e. The van der Waals surface area contributed by atoms with E-state index in [4.69, 9.17) is 20.6 Å². The molecule has 15 heavy (non-hydrogen) atoms. The van der Waals surface area contributed by atoms with Crippen LogP contribution in [-0.4, -0.2) is 96.0 Å². The topological polar surface area (TPSA) is 161 Å². The fourth-order valence-corrected chi connectivity index (χ4v) is 0.894. The fourth-order valence-electron chi connectivity index (χ4n) is 0.298. The Labute approximate surface area is 126 Å². The van der Waals surface area contributed by atoms with E-state index < -0.39 is 20.2 Å². The van der Waals surface area contributed by atoms with Crippen molar-refractivity contribution in [1.82, 2.24) is 0 Å². The van der Waals surface area contributed by atoms with Crippen LogP contribution < -0.4 is 11.5 Å². The molecule has 0 aliphatic rings. The van der Waals surface area contributed by atoms with Gasteiger partial charge in [-0.3, -0.25) is 9.11 Å². The SMILES string of the molecule is NCCS(=O)(=O)O.NCCS(=O)(=O)O.[Sr]. The van der Waals surface area contributed by atoms with Gasteiger partial charge < -0.3 is 11.5 Å². The minimum Gasteiger partial charge on any atom is -0.329 e. The molecule has 0 aromatic rings. The molecule has 0 saturated heterocycles. The first kappa shape index (κ1) is 21.5. The zero-order valence-electron chi connectivity index (χ0n) is 8.03. The maximum Gasteiger partial charge on any atom is 0.266 e. The van der Waals surface area contributed by atoms with Crippen LogP contribution in [0.25, 0.3) is 0 Å². The van der Waals surface area contributed by atoms with Gasteiger partial charge in [0.2, 0.25) is 0 Å². The van der Waals surface area contributed by atoms with E-state index in [0.29, 0.717) is 0 Å². The van der Waals surface area contributed by atoms with Crippen LogP contribution in [0.5, 0.6) is 0 Å². The van der Waals surface area contributed by atoms with E-state index in [0.717, 1.165) is 0 Å². The molecule has 0 unspecified atom stereocenters. The molecule has 0 aromatic carbocycles. The van der Waals surface area contributed by atoms with Gasteiger partial charge in [0.1, 0.15) is 0 Å². The van der Waals surface area contributed by atoms with E-state index in [-0.39, 0.29) is 70.1 Å². The van der Waals surface area contributed by atoms with Crippen molar-refractivity contribution in [2.75, 3.05) is 24.6 Å². The zero-order valence-corrected chi connectivity index (χ0v) is 13.1. The van der Waals surface area contributed by atoms with E-state index in [1.54, 1.807) is 0 Å². The van der Waals surface area contributed by atoms with Gasteiger partial charge in [-0.2, -0.15) is 16.8 Å². The second kappa shape index (κ2) is 10.4. The molecule has 0 atom stereocenters. The van der Waals surface area contributed by atoms with Gasteiger partial charge >= 0.3 is 0 Å². The minimum absolute atomic E-state index is 0. The molecule has 0 heterocycles. The van der Waals surface area contributed by atoms with E-state index in [1.807, 2.05) is 0 Å². The van der Waals surface area contributed by atoms with E-state index >= 15 is 0 Å². The first-order chi connectivity index (χ1) is 6.12. The molecule has 2 radical (unpaired) electrons. The molecular formula is C4H14N2O6S2Sr. The Morgan fingerprint density at radius 1 is 0.800 bits per heavy atom. The summed E-state index contributed by atoms with van der Waals surface area (Å²) in [6, 6.07) is 0. The number of nitrogens with two attached hydrogens (primary N) is 2. The molecule has 0 spiro atoms. The van der Waals surface area contributed by atoms with Gasteiger partial charge in [0, 0.05) is 58.6 Å². The van der Waals surface area contributed by atoms with Crippen LogP contribution >= 0.6 is 0 Å². The van der Waals surface area contributed by atoms with E-state index in [2.05, 4.69) is 0 Å². The van der Waals surface area contributed by atoms with Crippen molar-refractivity contribution < 1.29 is 25.9 Å². The molecule has 0 aromatic heterocycles. The Kier molecular flexibility index (Phi) is 14.9. The summed E-state index contributed by atoms with van der Waals surface area (Å²) in [4.78, 5) is 0. The maximum atomic E-state index is 9.71. The average molecular weight is 338 g/mol. The third-order valence-electron chi connectivity index (χ3n) is 0.752. The molecule has 0 saturated carbocycles. The first-order valence-electron chi connectivity index (χ1n) is 3.43. The van der Waals surface area contributed by atoms with Crippen molar-refractivity contribution in [2.24, 2.45) is 11.5 Å². The Morgan fingerprint density at radius 3 is 1.00 bits per heavy atom. The summed E-state index contributed by atoms with van der Waals surface area (Å²) in [5.74, 6) is -0.708. The zero-order chi connectivity index (χ0) is 11.8. The minimum atomic E-state index is -3.80. The summed E-state index contributed by atoms with van der Waals surface area (Å²) in [7, 11) is -7.60. The number of hydrogen-bond donors (Lipinski definition) is 4. The maximum absolute atomic E-state index is 9.71. The Bertz CT molecular complexity index is 291. The second-order valence-corrected chi connectivity index (χ2v) is 5.29. The predicted molar refractivity (Wildman–Crippen MR) is 56.7 cm³/mol. The third-order valence-corrected chi connectivity index (χ3v) is 2.25. The van der Waals surface area contributed by atoms with Gasteiger partial charge in [-0.25, -0.2) is 0 Å². The summed E-state index contributed by atoms with van der Waals surface area (Å²) in [6.45, 7) is -0.0579. The van der Waals surface area contributed by atoms with E-state index in [1.165, 1.54) is 0 Å². The van der Waals surface area contributed by atoms with Gasteiger partial charge in [0.25, 0.3) is 20.2 Å². The van der Waals surface area contributed by atoms with Crippen LogP contribution in [0.3, 0.4) is 0 Å². The summed E-state index contributed by atoms with van der Waals surface area (Å²) >= 11 is 0. The monoisotopic (exact) mass is 338 g/mol. The van der Waals surface area contributed by atoms with Crippen LogP contribution in [0.15, 0.2) is 0 Å². The van der Waals surface area contributed by atoms with Crippen molar-refractivity contribution in [1.29, 1.82) is 0 Å². The van der Waals surface area contributed by atoms with Crippen molar-refractivity contribution in [3.63, 3.8) is 0 Å².